The van der Waals surface area contributed by atoms with Crippen molar-refractivity contribution in [1.29, 1.82) is 0 Å². The second kappa shape index (κ2) is 10.4. The number of ether oxygens (including phenoxy) is 3. The van der Waals surface area contributed by atoms with Crippen LogP contribution in [0, 0.1) is 0 Å². The Hall–Kier alpha value is -3.86. The van der Waals surface area contributed by atoms with Gasteiger partial charge in [0, 0.05) is 19.0 Å². The average Bonchev–Trinajstić information content (AvgIpc) is 3.60. The number of amides is 1. The monoisotopic (exact) mass is 528 g/mol. The maximum Gasteiger partial charge on any atom is 0.273 e. The predicted molar refractivity (Wildman–Crippen MR) is 146 cm³/mol. The maximum absolute atomic E-state index is 14.0. The molecule has 39 heavy (non-hydrogen) atoms. The number of carbonyl (C=O) groups is 1. The van der Waals surface area contributed by atoms with Crippen LogP contribution in [-0.4, -0.2) is 69.3 Å². The molecule has 0 bridgehead atoms. The van der Waals surface area contributed by atoms with E-state index in [-0.39, 0.29) is 17.9 Å². The number of nitrogens with one attached hydrogen (secondary N) is 1. The van der Waals surface area contributed by atoms with Gasteiger partial charge in [0.1, 0.15) is 24.1 Å². The van der Waals surface area contributed by atoms with E-state index in [0.717, 1.165) is 0 Å². The third kappa shape index (κ3) is 4.87. The minimum atomic E-state index is -0.801. The van der Waals surface area contributed by atoms with Crippen molar-refractivity contribution in [3.05, 3.63) is 84.3 Å². The normalized spacial score (nSPS) is 21.8. The standard InChI is InChI=1S/C29H32N6O4/c1-4-34(27(36)25-24-23(17-37-25)38-29(2,3)39-24)35-26-22(16-30-18-32-26)33-28(35)31-15-21(19-11-7-5-8-12-19)20-13-9-6-10-14-20/h5-14,16,18,21,23-25H,4,15,17H2,1-3H3,(H,31,33)/t23-,24-,25-/m0/s1. The van der Waals surface area contributed by atoms with Gasteiger partial charge in [0.2, 0.25) is 5.95 Å². The molecule has 0 aliphatic carbocycles. The predicted octanol–water partition coefficient (Wildman–Crippen LogP) is 3.47. The second-order valence-corrected chi connectivity index (χ2v) is 10.2. The Morgan fingerprint density at radius 2 is 1.79 bits per heavy atom. The number of fused-ring (bicyclic) bond motifs is 2. The van der Waals surface area contributed by atoms with Gasteiger partial charge in [-0.15, -0.1) is 0 Å². The highest BCUT2D eigenvalue weighted by atomic mass is 16.8. The van der Waals surface area contributed by atoms with Gasteiger partial charge in [-0.1, -0.05) is 60.7 Å². The van der Waals surface area contributed by atoms with Gasteiger partial charge >= 0.3 is 0 Å². The van der Waals surface area contributed by atoms with Crippen molar-refractivity contribution in [3.8, 4) is 0 Å². The van der Waals surface area contributed by atoms with E-state index in [1.807, 2.05) is 57.2 Å². The van der Waals surface area contributed by atoms with E-state index >= 15 is 0 Å². The van der Waals surface area contributed by atoms with Gasteiger partial charge in [-0.3, -0.25) is 4.79 Å². The first-order valence-corrected chi connectivity index (χ1v) is 13.3. The first-order chi connectivity index (χ1) is 18.9. The van der Waals surface area contributed by atoms with Gasteiger partial charge in [-0.25, -0.2) is 20.0 Å². The van der Waals surface area contributed by atoms with Gasteiger partial charge in [-0.2, -0.15) is 4.68 Å². The maximum atomic E-state index is 14.0. The first kappa shape index (κ1) is 25.4. The molecule has 0 radical (unpaired) electrons. The van der Waals surface area contributed by atoms with E-state index in [2.05, 4.69) is 39.6 Å². The SMILES string of the molecule is CCN(C(=O)[C@H]1OC[C@@H]2OC(C)(C)O[C@@H]21)n1c(NCC(c2ccccc2)c2ccccc2)nc2cncnc21. The van der Waals surface area contributed by atoms with E-state index in [9.17, 15) is 4.79 Å². The molecule has 4 aromatic rings. The summed E-state index contributed by atoms with van der Waals surface area (Å²) in [7, 11) is 0. The molecule has 6 rings (SSSR count). The van der Waals surface area contributed by atoms with E-state index in [4.69, 9.17) is 19.2 Å². The van der Waals surface area contributed by atoms with Gasteiger partial charge in [-0.05, 0) is 31.9 Å². The van der Waals surface area contributed by atoms with Crippen molar-refractivity contribution in [3.63, 3.8) is 0 Å². The molecule has 202 valence electrons. The summed E-state index contributed by atoms with van der Waals surface area (Å²) >= 11 is 0. The minimum Gasteiger partial charge on any atom is -0.363 e. The number of anilines is 1. The van der Waals surface area contributed by atoms with Crippen molar-refractivity contribution in [2.24, 2.45) is 0 Å². The molecule has 1 amide bonds. The van der Waals surface area contributed by atoms with Gasteiger partial charge < -0.3 is 19.5 Å². The van der Waals surface area contributed by atoms with Crippen LogP contribution in [0.4, 0.5) is 5.95 Å². The molecule has 2 saturated heterocycles. The fraction of sp³-hybridized carbons (Fsp3) is 0.379. The molecule has 0 unspecified atom stereocenters. The van der Waals surface area contributed by atoms with Crippen LogP contribution in [0.1, 0.15) is 37.8 Å². The fourth-order valence-corrected chi connectivity index (χ4v) is 5.45. The summed E-state index contributed by atoms with van der Waals surface area (Å²) in [6.07, 6.45) is 1.53. The second-order valence-electron chi connectivity index (χ2n) is 10.2. The molecule has 10 nitrogen and oxygen atoms in total. The summed E-state index contributed by atoms with van der Waals surface area (Å²) in [5.41, 5.74) is 3.45. The third-order valence-corrected chi connectivity index (χ3v) is 7.17. The van der Waals surface area contributed by atoms with Crippen LogP contribution in [0.2, 0.25) is 0 Å². The number of benzene rings is 2. The molecule has 2 fully saturated rings. The van der Waals surface area contributed by atoms with E-state index in [1.165, 1.54) is 17.5 Å². The molecule has 2 aromatic carbocycles. The van der Waals surface area contributed by atoms with Gasteiger partial charge in [0.15, 0.2) is 17.5 Å². The van der Waals surface area contributed by atoms with Crippen molar-refractivity contribution in [2.45, 2.75) is 50.8 Å². The first-order valence-electron chi connectivity index (χ1n) is 13.3. The summed E-state index contributed by atoms with van der Waals surface area (Å²) in [6.45, 7) is 6.83. The van der Waals surface area contributed by atoms with E-state index in [0.29, 0.717) is 36.8 Å². The van der Waals surface area contributed by atoms with Crippen LogP contribution in [-0.2, 0) is 19.0 Å². The molecule has 2 aliphatic heterocycles. The average molecular weight is 529 g/mol. The Morgan fingerprint density at radius 3 is 2.46 bits per heavy atom. The Balaban J connectivity index is 1.33. The zero-order valence-corrected chi connectivity index (χ0v) is 22.2. The van der Waals surface area contributed by atoms with E-state index in [1.54, 1.807) is 15.9 Å². The van der Waals surface area contributed by atoms with Gasteiger partial charge in [0.25, 0.3) is 5.91 Å². The van der Waals surface area contributed by atoms with Crippen LogP contribution in [0.3, 0.4) is 0 Å². The Labute approximate surface area is 226 Å². The summed E-state index contributed by atoms with van der Waals surface area (Å²) in [5.74, 6) is -0.450. The highest BCUT2D eigenvalue weighted by Gasteiger charge is 2.53. The number of rotatable bonds is 8. The molecule has 4 heterocycles. The molecule has 0 saturated carbocycles. The van der Waals surface area contributed by atoms with Crippen LogP contribution in [0.25, 0.3) is 11.2 Å². The van der Waals surface area contributed by atoms with E-state index < -0.39 is 18.0 Å². The van der Waals surface area contributed by atoms with Gasteiger partial charge in [0.05, 0.1) is 12.8 Å². The lowest BCUT2D eigenvalue weighted by Gasteiger charge is -2.29. The fourth-order valence-electron chi connectivity index (χ4n) is 5.45. The zero-order chi connectivity index (χ0) is 27.0. The number of hydrogen-bond donors (Lipinski definition) is 1. The topological polar surface area (TPSA) is 104 Å². The van der Waals surface area contributed by atoms with Crippen LogP contribution >= 0.6 is 0 Å². The van der Waals surface area contributed by atoms with Crippen molar-refractivity contribution < 1.29 is 19.0 Å². The quantitative estimate of drug-likeness (QED) is 0.371. The summed E-state index contributed by atoms with van der Waals surface area (Å²) in [5, 5.41) is 5.12. The Morgan fingerprint density at radius 1 is 1.10 bits per heavy atom. The summed E-state index contributed by atoms with van der Waals surface area (Å²) in [4.78, 5) is 27.3. The van der Waals surface area contributed by atoms with Crippen molar-refractivity contribution in [2.75, 3.05) is 30.0 Å². The molecule has 3 atom stereocenters. The van der Waals surface area contributed by atoms with Crippen LogP contribution in [0.15, 0.2) is 73.2 Å². The molecule has 1 N–H and O–H groups in total. The lowest BCUT2D eigenvalue weighted by molar-refractivity contribution is -0.177. The largest absolute Gasteiger partial charge is 0.363 e. The minimum absolute atomic E-state index is 0.0581. The number of hydrogen-bond acceptors (Lipinski definition) is 8. The number of nitrogens with zero attached hydrogens (tertiary/aromatic N) is 5. The highest BCUT2D eigenvalue weighted by Crippen LogP contribution is 2.36. The zero-order valence-electron chi connectivity index (χ0n) is 22.2. The van der Waals surface area contributed by atoms with Crippen molar-refractivity contribution in [1.82, 2.24) is 19.6 Å². The molecule has 0 spiro atoms. The molecule has 2 aromatic heterocycles. The lowest BCUT2D eigenvalue weighted by Crippen LogP contribution is -2.50. The molecular weight excluding hydrogens is 496 g/mol. The Kier molecular flexibility index (Phi) is 6.76. The molecular formula is C29H32N6O4. The smallest absolute Gasteiger partial charge is 0.273 e. The molecule has 10 heteroatoms. The molecule has 2 aliphatic rings. The number of likely N-dealkylation sites (N-methyl/N-ethyl adjacent to an activating group) is 1. The number of aromatic nitrogens is 4. The van der Waals surface area contributed by atoms with Crippen LogP contribution < -0.4 is 10.3 Å². The number of carbonyl (C=O) groups excluding carboxylic acids is 1. The summed E-state index contributed by atoms with van der Waals surface area (Å²) in [6, 6.07) is 20.7. The Bertz CT molecular complexity index is 1400. The number of imidazole rings is 1. The third-order valence-electron chi connectivity index (χ3n) is 7.17. The summed E-state index contributed by atoms with van der Waals surface area (Å²) < 4.78 is 19.6. The highest BCUT2D eigenvalue weighted by molar-refractivity contribution is 5.93. The van der Waals surface area contributed by atoms with Crippen LogP contribution in [0.5, 0.6) is 0 Å². The van der Waals surface area contributed by atoms with Crippen molar-refractivity contribution >= 4 is 23.0 Å². The lowest BCUT2D eigenvalue weighted by atomic mass is 9.91.